The number of nitrogens with zero attached hydrogens (tertiary/aromatic N) is 2. The summed E-state index contributed by atoms with van der Waals surface area (Å²) in [5.41, 5.74) is 10.9. The largest absolute Gasteiger partial charge is 0.397 e. The highest BCUT2D eigenvalue weighted by Crippen LogP contribution is 2.28. The second-order valence-electron chi connectivity index (χ2n) is 4.16. The van der Waals surface area contributed by atoms with Gasteiger partial charge in [-0.3, -0.25) is 0 Å². The fraction of sp³-hybridized carbons (Fsp3) is 0.154. The van der Waals surface area contributed by atoms with Crippen molar-refractivity contribution in [2.24, 2.45) is 0 Å². The Balaban J connectivity index is 2.32. The summed E-state index contributed by atoms with van der Waals surface area (Å²) >= 11 is 1.71. The van der Waals surface area contributed by atoms with Crippen molar-refractivity contribution in [2.75, 3.05) is 5.73 Å². The highest BCUT2D eigenvalue weighted by Gasteiger charge is 2.11. The molecule has 0 unspecified atom stereocenters. The highest BCUT2D eigenvalue weighted by atomic mass is 32.1. The average Bonchev–Trinajstić information content (AvgIpc) is 2.90. The van der Waals surface area contributed by atoms with Crippen LogP contribution in [0, 0.1) is 13.8 Å². The molecule has 3 aromatic heterocycles. The Morgan fingerprint density at radius 2 is 2.18 bits per heavy atom. The zero-order valence-electron chi connectivity index (χ0n) is 9.77. The lowest BCUT2D eigenvalue weighted by Crippen LogP contribution is -1.95. The van der Waals surface area contributed by atoms with Crippen molar-refractivity contribution in [3.05, 3.63) is 41.0 Å². The molecule has 4 heteroatoms. The van der Waals surface area contributed by atoms with Crippen LogP contribution in [0.25, 0.3) is 16.2 Å². The number of fused-ring (bicyclic) bond motifs is 1. The molecule has 0 spiro atoms. The van der Waals surface area contributed by atoms with Gasteiger partial charge in [0.1, 0.15) is 11.3 Å². The fourth-order valence-corrected chi connectivity index (χ4v) is 2.73. The number of rotatable bonds is 1. The van der Waals surface area contributed by atoms with Gasteiger partial charge in [-0.15, -0.1) is 11.3 Å². The van der Waals surface area contributed by atoms with E-state index in [-0.39, 0.29) is 0 Å². The van der Waals surface area contributed by atoms with Gasteiger partial charge in [-0.25, -0.2) is 4.98 Å². The number of nitrogens with two attached hydrogens (primary N) is 1. The van der Waals surface area contributed by atoms with Crippen LogP contribution in [0.1, 0.15) is 11.3 Å². The van der Waals surface area contributed by atoms with Crippen LogP contribution >= 0.6 is 11.3 Å². The third kappa shape index (κ3) is 1.52. The minimum atomic E-state index is 0.802. The van der Waals surface area contributed by atoms with Crippen molar-refractivity contribution >= 4 is 22.7 Å². The molecular formula is C13H13N3S. The molecule has 0 radical (unpaired) electrons. The van der Waals surface area contributed by atoms with E-state index in [4.69, 9.17) is 5.73 Å². The van der Waals surface area contributed by atoms with E-state index in [2.05, 4.69) is 27.8 Å². The molecule has 0 saturated carbocycles. The average molecular weight is 243 g/mol. The summed E-state index contributed by atoms with van der Waals surface area (Å²) in [5, 5.41) is 2.07. The lowest BCUT2D eigenvalue weighted by atomic mass is 10.2. The normalized spacial score (nSPS) is 11.2. The van der Waals surface area contributed by atoms with Crippen molar-refractivity contribution in [1.82, 2.24) is 9.38 Å². The van der Waals surface area contributed by atoms with Crippen molar-refractivity contribution in [3.63, 3.8) is 0 Å². The van der Waals surface area contributed by atoms with Gasteiger partial charge in [0, 0.05) is 11.9 Å². The molecule has 0 aliphatic heterocycles. The van der Waals surface area contributed by atoms with Crippen molar-refractivity contribution in [2.45, 2.75) is 13.8 Å². The van der Waals surface area contributed by atoms with Gasteiger partial charge >= 0.3 is 0 Å². The van der Waals surface area contributed by atoms with E-state index in [0.717, 1.165) is 28.3 Å². The third-order valence-electron chi connectivity index (χ3n) is 3.00. The van der Waals surface area contributed by atoms with Crippen LogP contribution in [0.3, 0.4) is 0 Å². The molecule has 0 aliphatic rings. The van der Waals surface area contributed by atoms with E-state index in [1.54, 1.807) is 11.3 Å². The quantitative estimate of drug-likeness (QED) is 0.713. The van der Waals surface area contributed by atoms with E-state index < -0.39 is 0 Å². The van der Waals surface area contributed by atoms with E-state index >= 15 is 0 Å². The number of aromatic nitrogens is 2. The van der Waals surface area contributed by atoms with Crippen LogP contribution in [-0.4, -0.2) is 9.38 Å². The van der Waals surface area contributed by atoms with Crippen LogP contribution in [0.5, 0.6) is 0 Å². The minimum Gasteiger partial charge on any atom is -0.397 e. The molecule has 3 heterocycles. The standard InChI is InChI=1S/C13H13N3S/c1-8-6-12-15-13(11-4-3-5-17-11)9(2)16(12)7-10(8)14/h3-7H,14H2,1-2H3. The summed E-state index contributed by atoms with van der Waals surface area (Å²) in [6, 6.07) is 6.16. The predicted octanol–water partition coefficient (Wildman–Crippen LogP) is 3.26. The molecule has 0 aromatic carbocycles. The van der Waals surface area contributed by atoms with Gasteiger partial charge in [0.2, 0.25) is 0 Å². The topological polar surface area (TPSA) is 43.3 Å². The smallest absolute Gasteiger partial charge is 0.138 e. The van der Waals surface area contributed by atoms with Gasteiger partial charge in [-0.2, -0.15) is 0 Å². The van der Waals surface area contributed by atoms with E-state index in [9.17, 15) is 0 Å². The van der Waals surface area contributed by atoms with Crippen molar-refractivity contribution in [1.29, 1.82) is 0 Å². The predicted molar refractivity (Wildman–Crippen MR) is 72.4 cm³/mol. The Morgan fingerprint density at radius 3 is 2.88 bits per heavy atom. The summed E-state index contributed by atoms with van der Waals surface area (Å²) in [4.78, 5) is 5.87. The highest BCUT2D eigenvalue weighted by molar-refractivity contribution is 7.13. The van der Waals surface area contributed by atoms with Crippen molar-refractivity contribution in [3.8, 4) is 10.6 Å². The molecule has 17 heavy (non-hydrogen) atoms. The Kier molecular flexibility index (Phi) is 2.19. The SMILES string of the molecule is Cc1cc2nc(-c3cccs3)c(C)n2cc1N. The maximum atomic E-state index is 5.94. The van der Waals surface area contributed by atoms with Gasteiger partial charge < -0.3 is 10.1 Å². The second-order valence-corrected chi connectivity index (χ2v) is 5.11. The monoisotopic (exact) mass is 243 g/mol. The number of hydrogen-bond donors (Lipinski definition) is 1. The molecule has 3 nitrogen and oxygen atoms in total. The Morgan fingerprint density at radius 1 is 1.35 bits per heavy atom. The van der Waals surface area contributed by atoms with Crippen LogP contribution < -0.4 is 5.73 Å². The number of nitrogen functional groups attached to an aromatic ring is 1. The van der Waals surface area contributed by atoms with Crippen LogP contribution in [0.4, 0.5) is 5.69 Å². The van der Waals surface area contributed by atoms with Gasteiger partial charge in [-0.05, 0) is 36.9 Å². The Hall–Kier alpha value is -1.81. The lowest BCUT2D eigenvalue weighted by molar-refractivity contribution is 1.11. The Bertz CT molecular complexity index is 680. The first-order valence-electron chi connectivity index (χ1n) is 5.45. The van der Waals surface area contributed by atoms with Crippen molar-refractivity contribution < 1.29 is 0 Å². The zero-order chi connectivity index (χ0) is 12.0. The third-order valence-corrected chi connectivity index (χ3v) is 3.88. The van der Waals surface area contributed by atoms with Gasteiger partial charge in [-0.1, -0.05) is 6.07 Å². The van der Waals surface area contributed by atoms with E-state index in [0.29, 0.717) is 0 Å². The lowest BCUT2D eigenvalue weighted by Gasteiger charge is -2.02. The number of thiophene rings is 1. The summed E-state index contributed by atoms with van der Waals surface area (Å²) in [6.45, 7) is 4.08. The summed E-state index contributed by atoms with van der Waals surface area (Å²) in [6.07, 6.45) is 1.95. The maximum absolute atomic E-state index is 5.94. The van der Waals surface area contributed by atoms with Crippen LogP contribution in [0.2, 0.25) is 0 Å². The van der Waals surface area contributed by atoms with E-state index in [1.165, 1.54) is 4.88 Å². The Labute approximate surface area is 104 Å². The minimum absolute atomic E-state index is 0.802. The number of pyridine rings is 1. The molecule has 0 aliphatic carbocycles. The molecular weight excluding hydrogens is 230 g/mol. The summed E-state index contributed by atoms with van der Waals surface area (Å²) in [7, 11) is 0. The number of aryl methyl sites for hydroxylation is 2. The zero-order valence-corrected chi connectivity index (χ0v) is 10.6. The van der Waals surface area contributed by atoms with Gasteiger partial charge in [0.05, 0.1) is 10.6 Å². The van der Waals surface area contributed by atoms with Gasteiger partial charge in [0.25, 0.3) is 0 Å². The van der Waals surface area contributed by atoms with E-state index in [1.807, 2.05) is 25.3 Å². The summed E-state index contributed by atoms with van der Waals surface area (Å²) in [5.74, 6) is 0. The molecule has 0 amide bonds. The summed E-state index contributed by atoms with van der Waals surface area (Å²) < 4.78 is 2.05. The first-order chi connectivity index (χ1) is 8.16. The molecule has 0 bridgehead atoms. The first-order valence-corrected chi connectivity index (χ1v) is 6.33. The fourth-order valence-electron chi connectivity index (χ4n) is 1.96. The first kappa shape index (κ1) is 10.4. The number of imidazole rings is 1. The van der Waals surface area contributed by atoms with Crippen LogP contribution in [-0.2, 0) is 0 Å². The molecule has 86 valence electrons. The number of hydrogen-bond acceptors (Lipinski definition) is 3. The molecule has 3 aromatic rings. The second kappa shape index (κ2) is 3.60. The maximum Gasteiger partial charge on any atom is 0.138 e. The molecule has 0 saturated heterocycles. The molecule has 0 atom stereocenters. The molecule has 2 N–H and O–H groups in total. The van der Waals surface area contributed by atoms with Gasteiger partial charge in [0.15, 0.2) is 0 Å². The molecule has 0 fully saturated rings. The molecule has 3 rings (SSSR count). The number of anilines is 1. The van der Waals surface area contributed by atoms with Crippen LogP contribution in [0.15, 0.2) is 29.8 Å².